The molecular formula is C11H21NO2. The van der Waals surface area contributed by atoms with Crippen LogP contribution in [0.3, 0.4) is 0 Å². The Hall–Kier alpha value is -0.120. The Balaban J connectivity index is 2.03. The molecule has 0 aromatic carbocycles. The Labute approximate surface area is 86.0 Å². The second-order valence-corrected chi connectivity index (χ2v) is 4.72. The van der Waals surface area contributed by atoms with Crippen molar-refractivity contribution >= 4 is 0 Å². The van der Waals surface area contributed by atoms with Gasteiger partial charge in [0.15, 0.2) is 0 Å². The van der Waals surface area contributed by atoms with Crippen molar-refractivity contribution in [3.8, 4) is 0 Å². The molecule has 0 bridgehead atoms. The molecule has 0 spiro atoms. The van der Waals surface area contributed by atoms with Gasteiger partial charge in [-0.15, -0.1) is 0 Å². The van der Waals surface area contributed by atoms with Crippen LogP contribution in [0.25, 0.3) is 0 Å². The van der Waals surface area contributed by atoms with Crippen LogP contribution < -0.4 is 0 Å². The van der Waals surface area contributed by atoms with E-state index >= 15 is 0 Å². The van der Waals surface area contributed by atoms with E-state index in [1.165, 1.54) is 12.8 Å². The number of nitrogens with zero attached hydrogens (tertiary/aromatic N) is 1. The number of morpholine rings is 1. The van der Waals surface area contributed by atoms with E-state index in [1.54, 1.807) is 0 Å². The van der Waals surface area contributed by atoms with Crippen LogP contribution >= 0.6 is 0 Å². The summed E-state index contributed by atoms with van der Waals surface area (Å²) in [5.74, 6) is 0. The number of aliphatic hydroxyl groups is 1. The first-order valence-electron chi connectivity index (χ1n) is 5.74. The fourth-order valence-electron chi connectivity index (χ4n) is 2.74. The predicted octanol–water partition coefficient (Wildman–Crippen LogP) is 1.01. The van der Waals surface area contributed by atoms with Gasteiger partial charge in [0, 0.05) is 18.6 Å². The minimum Gasteiger partial charge on any atom is -0.391 e. The molecule has 1 N–H and O–H groups in total. The summed E-state index contributed by atoms with van der Waals surface area (Å²) in [7, 11) is 0. The molecule has 0 aromatic heterocycles. The molecule has 1 saturated carbocycles. The van der Waals surface area contributed by atoms with Gasteiger partial charge in [0.2, 0.25) is 0 Å². The van der Waals surface area contributed by atoms with Crippen molar-refractivity contribution in [2.45, 2.75) is 44.2 Å². The Morgan fingerprint density at radius 3 is 2.64 bits per heavy atom. The van der Waals surface area contributed by atoms with Crippen LogP contribution in [0.4, 0.5) is 0 Å². The Bertz CT molecular complexity index is 192. The summed E-state index contributed by atoms with van der Waals surface area (Å²) in [6.07, 6.45) is 4.39. The summed E-state index contributed by atoms with van der Waals surface area (Å²) < 4.78 is 5.35. The maximum absolute atomic E-state index is 10.1. The van der Waals surface area contributed by atoms with Gasteiger partial charge in [-0.25, -0.2) is 0 Å². The van der Waals surface area contributed by atoms with Gasteiger partial charge in [-0.05, 0) is 19.8 Å². The van der Waals surface area contributed by atoms with Crippen molar-refractivity contribution in [1.82, 2.24) is 4.90 Å². The lowest BCUT2D eigenvalue weighted by Crippen LogP contribution is -2.59. The van der Waals surface area contributed by atoms with E-state index in [0.29, 0.717) is 0 Å². The molecule has 1 aliphatic carbocycles. The number of hydrogen-bond acceptors (Lipinski definition) is 3. The fourth-order valence-corrected chi connectivity index (χ4v) is 2.74. The lowest BCUT2D eigenvalue weighted by Gasteiger charge is -2.48. The van der Waals surface area contributed by atoms with Crippen LogP contribution in [0, 0.1) is 0 Å². The summed E-state index contributed by atoms with van der Waals surface area (Å²) in [6, 6.07) is 0. The standard InChI is InChI=1S/C11H21NO2/c1-11(5-3-2-4-10(11)13)12-6-8-14-9-7-12/h10,13H,2-9H2,1H3/t10-,11-/m1/s1. The smallest absolute Gasteiger partial charge is 0.0721 e. The van der Waals surface area contributed by atoms with E-state index in [1.807, 2.05) is 0 Å². The lowest BCUT2D eigenvalue weighted by molar-refractivity contribution is -0.0872. The van der Waals surface area contributed by atoms with E-state index in [9.17, 15) is 5.11 Å². The van der Waals surface area contributed by atoms with Gasteiger partial charge in [-0.1, -0.05) is 12.8 Å². The summed E-state index contributed by atoms with van der Waals surface area (Å²) in [4.78, 5) is 2.42. The van der Waals surface area contributed by atoms with Crippen molar-refractivity contribution < 1.29 is 9.84 Å². The van der Waals surface area contributed by atoms with Gasteiger partial charge >= 0.3 is 0 Å². The SMILES string of the molecule is C[C@@]1(N2CCOCC2)CCCC[C@H]1O. The largest absolute Gasteiger partial charge is 0.391 e. The maximum Gasteiger partial charge on any atom is 0.0721 e. The van der Waals surface area contributed by atoms with Crippen LogP contribution in [0.1, 0.15) is 32.6 Å². The maximum atomic E-state index is 10.1. The summed E-state index contributed by atoms with van der Waals surface area (Å²) in [5, 5.41) is 10.1. The molecular weight excluding hydrogens is 178 g/mol. The average molecular weight is 199 g/mol. The highest BCUT2D eigenvalue weighted by molar-refractivity contribution is 4.96. The third kappa shape index (κ3) is 1.81. The molecule has 2 rings (SSSR count). The minimum absolute atomic E-state index is 0.0159. The molecule has 2 atom stereocenters. The van der Waals surface area contributed by atoms with Crippen LogP contribution in [-0.4, -0.2) is 48.0 Å². The van der Waals surface area contributed by atoms with E-state index < -0.39 is 0 Å². The molecule has 1 saturated heterocycles. The average Bonchev–Trinajstić information content (AvgIpc) is 2.24. The van der Waals surface area contributed by atoms with Gasteiger partial charge in [0.05, 0.1) is 19.3 Å². The highest BCUT2D eigenvalue weighted by atomic mass is 16.5. The molecule has 3 heteroatoms. The van der Waals surface area contributed by atoms with Crippen LogP contribution in [0.5, 0.6) is 0 Å². The first kappa shape index (κ1) is 10.4. The normalized spacial score (nSPS) is 41.1. The topological polar surface area (TPSA) is 32.7 Å². The summed E-state index contributed by atoms with van der Waals surface area (Å²) in [6.45, 7) is 5.81. The number of aliphatic hydroxyl groups excluding tert-OH is 1. The first-order valence-corrected chi connectivity index (χ1v) is 5.74. The number of rotatable bonds is 1. The van der Waals surface area contributed by atoms with Gasteiger partial charge in [0.1, 0.15) is 0 Å². The van der Waals surface area contributed by atoms with Crippen molar-refractivity contribution in [3.05, 3.63) is 0 Å². The van der Waals surface area contributed by atoms with E-state index in [-0.39, 0.29) is 11.6 Å². The lowest BCUT2D eigenvalue weighted by atomic mass is 9.79. The van der Waals surface area contributed by atoms with Gasteiger partial charge in [0.25, 0.3) is 0 Å². The van der Waals surface area contributed by atoms with E-state index in [4.69, 9.17) is 4.74 Å². The molecule has 0 aromatic rings. The molecule has 0 amide bonds. The molecule has 82 valence electrons. The second kappa shape index (κ2) is 4.17. The molecule has 2 fully saturated rings. The Morgan fingerprint density at radius 1 is 1.29 bits per heavy atom. The van der Waals surface area contributed by atoms with Crippen LogP contribution in [0.2, 0.25) is 0 Å². The third-order valence-electron chi connectivity index (χ3n) is 3.86. The quantitative estimate of drug-likeness (QED) is 0.684. The summed E-state index contributed by atoms with van der Waals surface area (Å²) in [5.41, 5.74) is 0.0159. The number of ether oxygens (including phenoxy) is 1. The minimum atomic E-state index is -0.144. The zero-order valence-electron chi connectivity index (χ0n) is 9.04. The fraction of sp³-hybridized carbons (Fsp3) is 1.00. The molecule has 1 aliphatic heterocycles. The molecule has 2 aliphatic rings. The molecule has 1 heterocycles. The highest BCUT2D eigenvalue weighted by Crippen LogP contribution is 2.33. The van der Waals surface area contributed by atoms with Gasteiger partial charge in [-0.2, -0.15) is 0 Å². The van der Waals surface area contributed by atoms with E-state index in [0.717, 1.165) is 39.1 Å². The van der Waals surface area contributed by atoms with Crippen molar-refractivity contribution in [2.75, 3.05) is 26.3 Å². The number of hydrogen-bond donors (Lipinski definition) is 1. The van der Waals surface area contributed by atoms with Gasteiger partial charge < -0.3 is 9.84 Å². The van der Waals surface area contributed by atoms with Crippen molar-refractivity contribution in [3.63, 3.8) is 0 Å². The zero-order valence-corrected chi connectivity index (χ0v) is 9.04. The molecule has 0 unspecified atom stereocenters. The van der Waals surface area contributed by atoms with Crippen molar-refractivity contribution in [2.24, 2.45) is 0 Å². The Kier molecular flexibility index (Phi) is 3.10. The van der Waals surface area contributed by atoms with Gasteiger partial charge in [-0.3, -0.25) is 4.90 Å². The van der Waals surface area contributed by atoms with Crippen LogP contribution in [-0.2, 0) is 4.74 Å². The molecule has 0 radical (unpaired) electrons. The van der Waals surface area contributed by atoms with Crippen molar-refractivity contribution in [1.29, 1.82) is 0 Å². The monoisotopic (exact) mass is 199 g/mol. The summed E-state index contributed by atoms with van der Waals surface area (Å²) >= 11 is 0. The Morgan fingerprint density at radius 2 is 2.00 bits per heavy atom. The third-order valence-corrected chi connectivity index (χ3v) is 3.86. The zero-order chi connectivity index (χ0) is 10.0. The molecule has 14 heavy (non-hydrogen) atoms. The van der Waals surface area contributed by atoms with Crippen LogP contribution in [0.15, 0.2) is 0 Å². The first-order chi connectivity index (χ1) is 6.73. The van der Waals surface area contributed by atoms with E-state index in [2.05, 4.69) is 11.8 Å². The second-order valence-electron chi connectivity index (χ2n) is 4.72. The highest BCUT2D eigenvalue weighted by Gasteiger charge is 2.40. The molecule has 3 nitrogen and oxygen atoms in total. The predicted molar refractivity (Wildman–Crippen MR) is 55.3 cm³/mol.